The predicted octanol–water partition coefficient (Wildman–Crippen LogP) is 2.65. The quantitative estimate of drug-likeness (QED) is 0.453. The maximum absolute atomic E-state index is 13.2. The van der Waals surface area contributed by atoms with Crippen molar-refractivity contribution in [2.45, 2.75) is 26.0 Å². The Kier molecular flexibility index (Phi) is 5.02. The topological polar surface area (TPSA) is 86.5 Å². The second-order valence-electron chi connectivity index (χ2n) is 8.18. The number of rotatable bonds is 5. The SMILES string of the molecule is CCc1c(-c2ccccc2)n(CC(O)c2ccccc2)c2nc3c(c(=O)n(C)c(=O)n3C)n12. The first-order valence-corrected chi connectivity index (χ1v) is 10.9. The Bertz CT molecular complexity index is 1590. The second kappa shape index (κ2) is 7.90. The fraction of sp³-hybridized carbons (Fsp3) is 0.240. The van der Waals surface area contributed by atoms with Crippen molar-refractivity contribution in [3.8, 4) is 11.3 Å². The van der Waals surface area contributed by atoms with Gasteiger partial charge in [-0.2, -0.15) is 4.98 Å². The van der Waals surface area contributed by atoms with Crippen molar-refractivity contribution >= 4 is 16.9 Å². The number of nitrogens with zero attached hydrogens (tertiary/aromatic N) is 5. The van der Waals surface area contributed by atoms with Crippen LogP contribution in [-0.2, 0) is 27.1 Å². The summed E-state index contributed by atoms with van der Waals surface area (Å²) in [5, 5.41) is 11.1. The lowest BCUT2D eigenvalue weighted by atomic mass is 10.1. The van der Waals surface area contributed by atoms with Crippen LogP contribution in [0.25, 0.3) is 28.2 Å². The van der Waals surface area contributed by atoms with Crippen molar-refractivity contribution < 1.29 is 5.11 Å². The minimum Gasteiger partial charge on any atom is -0.387 e. The van der Waals surface area contributed by atoms with Crippen LogP contribution in [0, 0.1) is 0 Å². The molecule has 8 heteroatoms. The Labute approximate surface area is 189 Å². The minimum atomic E-state index is -0.777. The van der Waals surface area contributed by atoms with Gasteiger partial charge in [0.25, 0.3) is 5.56 Å². The largest absolute Gasteiger partial charge is 0.387 e. The normalized spacial score (nSPS) is 12.6. The van der Waals surface area contributed by atoms with Gasteiger partial charge in [0.05, 0.1) is 24.0 Å². The van der Waals surface area contributed by atoms with Gasteiger partial charge >= 0.3 is 5.69 Å². The maximum atomic E-state index is 13.2. The van der Waals surface area contributed by atoms with Gasteiger partial charge in [0.15, 0.2) is 11.2 Å². The van der Waals surface area contributed by atoms with E-state index in [1.807, 2.05) is 76.6 Å². The highest BCUT2D eigenvalue weighted by molar-refractivity contribution is 5.80. The molecule has 3 aromatic heterocycles. The van der Waals surface area contributed by atoms with Gasteiger partial charge in [-0.05, 0) is 12.0 Å². The van der Waals surface area contributed by atoms with E-state index >= 15 is 0 Å². The van der Waals surface area contributed by atoms with Gasteiger partial charge in [0.1, 0.15) is 0 Å². The number of fused-ring (bicyclic) bond motifs is 3. The van der Waals surface area contributed by atoms with E-state index in [0.717, 1.165) is 27.1 Å². The van der Waals surface area contributed by atoms with Crippen molar-refractivity contribution in [3.63, 3.8) is 0 Å². The molecule has 1 N–H and O–H groups in total. The third kappa shape index (κ3) is 3.14. The van der Waals surface area contributed by atoms with Gasteiger partial charge in [0, 0.05) is 19.7 Å². The van der Waals surface area contributed by atoms with Crippen molar-refractivity contribution in [1.29, 1.82) is 0 Å². The molecule has 3 heterocycles. The summed E-state index contributed by atoms with van der Waals surface area (Å²) in [5.41, 5.74) is 3.42. The lowest BCUT2D eigenvalue weighted by molar-refractivity contribution is 0.158. The van der Waals surface area contributed by atoms with E-state index in [1.165, 1.54) is 11.6 Å². The van der Waals surface area contributed by atoms with Crippen molar-refractivity contribution in [2.75, 3.05) is 0 Å². The molecule has 2 aromatic carbocycles. The second-order valence-corrected chi connectivity index (χ2v) is 8.18. The van der Waals surface area contributed by atoms with E-state index in [-0.39, 0.29) is 6.54 Å². The zero-order valence-corrected chi connectivity index (χ0v) is 18.8. The Morgan fingerprint density at radius 1 is 0.939 bits per heavy atom. The highest BCUT2D eigenvalue weighted by Crippen LogP contribution is 2.32. The fourth-order valence-corrected chi connectivity index (χ4v) is 4.55. The summed E-state index contributed by atoms with van der Waals surface area (Å²) in [6, 6.07) is 19.4. The van der Waals surface area contributed by atoms with Crippen LogP contribution in [0.15, 0.2) is 70.3 Å². The summed E-state index contributed by atoms with van der Waals surface area (Å²) < 4.78 is 6.30. The number of benzene rings is 2. The van der Waals surface area contributed by atoms with E-state index in [1.54, 1.807) is 7.05 Å². The molecule has 0 bridgehead atoms. The number of imidazole rings is 2. The van der Waals surface area contributed by atoms with Crippen LogP contribution in [-0.4, -0.2) is 28.2 Å². The molecule has 1 atom stereocenters. The van der Waals surface area contributed by atoms with E-state index in [2.05, 4.69) is 0 Å². The minimum absolute atomic E-state index is 0.245. The van der Waals surface area contributed by atoms with Gasteiger partial charge in [-0.3, -0.25) is 18.3 Å². The van der Waals surface area contributed by atoms with Crippen LogP contribution < -0.4 is 11.2 Å². The van der Waals surface area contributed by atoms with Crippen molar-refractivity contribution in [1.82, 2.24) is 23.1 Å². The Hall–Kier alpha value is -3.91. The highest BCUT2D eigenvalue weighted by Gasteiger charge is 2.26. The number of hydrogen-bond acceptors (Lipinski definition) is 4. The first-order valence-electron chi connectivity index (χ1n) is 10.9. The number of aryl methyl sites for hydroxylation is 2. The van der Waals surface area contributed by atoms with Crippen molar-refractivity contribution in [3.05, 3.63) is 92.8 Å². The molecule has 1 unspecified atom stereocenters. The molecule has 33 heavy (non-hydrogen) atoms. The smallest absolute Gasteiger partial charge is 0.332 e. The van der Waals surface area contributed by atoms with E-state index < -0.39 is 17.4 Å². The van der Waals surface area contributed by atoms with Crippen molar-refractivity contribution in [2.24, 2.45) is 14.1 Å². The molecule has 0 radical (unpaired) electrons. The molecule has 8 nitrogen and oxygen atoms in total. The molecule has 0 spiro atoms. The Balaban J connectivity index is 1.89. The Morgan fingerprint density at radius 2 is 1.58 bits per heavy atom. The monoisotopic (exact) mass is 443 g/mol. The molecule has 5 rings (SSSR count). The van der Waals surface area contributed by atoms with Gasteiger partial charge < -0.3 is 9.67 Å². The molecule has 168 valence electrons. The summed E-state index contributed by atoms with van der Waals surface area (Å²) in [6.07, 6.45) is -0.145. The van der Waals surface area contributed by atoms with Crippen LogP contribution in [0.5, 0.6) is 0 Å². The zero-order valence-electron chi connectivity index (χ0n) is 18.8. The summed E-state index contributed by atoms with van der Waals surface area (Å²) in [4.78, 5) is 30.4. The summed E-state index contributed by atoms with van der Waals surface area (Å²) in [7, 11) is 3.09. The summed E-state index contributed by atoms with van der Waals surface area (Å²) in [5.74, 6) is 0.522. The highest BCUT2D eigenvalue weighted by atomic mass is 16.3. The molecule has 0 fully saturated rings. The van der Waals surface area contributed by atoms with Crippen LogP contribution >= 0.6 is 0 Å². The lowest BCUT2D eigenvalue weighted by Gasteiger charge is -2.16. The average molecular weight is 444 g/mol. The molecule has 0 aliphatic heterocycles. The van der Waals surface area contributed by atoms with Gasteiger partial charge in [-0.25, -0.2) is 4.79 Å². The maximum Gasteiger partial charge on any atom is 0.332 e. The third-order valence-electron chi connectivity index (χ3n) is 6.22. The molecule has 5 aromatic rings. The summed E-state index contributed by atoms with van der Waals surface area (Å²) >= 11 is 0. The van der Waals surface area contributed by atoms with Gasteiger partial charge in [0.2, 0.25) is 5.78 Å². The van der Waals surface area contributed by atoms with Crippen LogP contribution in [0.4, 0.5) is 0 Å². The number of hydrogen-bond donors (Lipinski definition) is 1. The molecule has 0 aliphatic rings. The molecule has 0 amide bonds. The average Bonchev–Trinajstić information content (AvgIpc) is 3.37. The molecule has 0 aliphatic carbocycles. The number of aliphatic hydroxyl groups excluding tert-OH is 1. The molecular weight excluding hydrogens is 418 g/mol. The van der Waals surface area contributed by atoms with Gasteiger partial charge in [-0.1, -0.05) is 67.6 Å². The van der Waals surface area contributed by atoms with E-state index in [4.69, 9.17) is 4.98 Å². The molecule has 0 saturated carbocycles. The fourth-order valence-electron chi connectivity index (χ4n) is 4.55. The number of aromatic nitrogens is 5. The standard InChI is InChI=1S/C25H25N5O3/c1-4-18-20(17-13-9-6-10-14-17)29(15-19(31)16-11-7-5-8-12-16)24-26-22-21(30(18)24)23(32)28(3)25(33)27(22)2/h5-14,19,31H,4,15H2,1-3H3. The summed E-state index contributed by atoms with van der Waals surface area (Å²) in [6.45, 7) is 2.27. The Morgan fingerprint density at radius 3 is 2.21 bits per heavy atom. The predicted molar refractivity (Wildman–Crippen MR) is 127 cm³/mol. The molecule has 0 saturated heterocycles. The first-order chi connectivity index (χ1) is 15.9. The van der Waals surface area contributed by atoms with Crippen LogP contribution in [0.2, 0.25) is 0 Å². The lowest BCUT2D eigenvalue weighted by Crippen LogP contribution is -2.37. The third-order valence-corrected chi connectivity index (χ3v) is 6.22. The van der Waals surface area contributed by atoms with E-state index in [0.29, 0.717) is 23.4 Å². The number of aliphatic hydroxyl groups is 1. The van der Waals surface area contributed by atoms with Crippen LogP contribution in [0.1, 0.15) is 24.3 Å². The van der Waals surface area contributed by atoms with Crippen LogP contribution in [0.3, 0.4) is 0 Å². The zero-order chi connectivity index (χ0) is 23.3. The first kappa shape index (κ1) is 21.0. The van der Waals surface area contributed by atoms with E-state index in [9.17, 15) is 14.7 Å². The van der Waals surface area contributed by atoms with Gasteiger partial charge in [-0.15, -0.1) is 0 Å². The molecular formula is C25H25N5O3.